The van der Waals surface area contributed by atoms with Gasteiger partial charge in [-0.1, -0.05) is 18.2 Å². The van der Waals surface area contributed by atoms with Crippen molar-refractivity contribution in [1.29, 1.82) is 0 Å². The SMILES string of the molecule is O=C(CNc1ccccc1)NCC1(CO)CC1. The summed E-state index contributed by atoms with van der Waals surface area (Å²) in [5.41, 5.74) is 0.911. The first-order chi connectivity index (χ1) is 8.24. The van der Waals surface area contributed by atoms with Crippen LogP contribution in [0.4, 0.5) is 5.69 Å². The van der Waals surface area contributed by atoms with Gasteiger partial charge in [0.25, 0.3) is 0 Å². The highest BCUT2D eigenvalue weighted by atomic mass is 16.3. The zero-order chi connectivity index (χ0) is 12.1. The minimum absolute atomic E-state index is 0.0254. The number of aliphatic hydroxyl groups excluding tert-OH is 1. The first-order valence-electron chi connectivity index (χ1n) is 5.91. The molecule has 92 valence electrons. The van der Waals surface area contributed by atoms with Gasteiger partial charge in [0.15, 0.2) is 0 Å². The van der Waals surface area contributed by atoms with Crippen molar-refractivity contribution in [1.82, 2.24) is 5.32 Å². The molecule has 4 nitrogen and oxygen atoms in total. The molecule has 0 atom stereocenters. The van der Waals surface area contributed by atoms with Gasteiger partial charge in [-0.2, -0.15) is 0 Å². The molecular formula is C13H18N2O2. The third kappa shape index (κ3) is 3.46. The second-order valence-corrected chi connectivity index (χ2v) is 4.65. The van der Waals surface area contributed by atoms with E-state index in [1.165, 1.54) is 0 Å². The van der Waals surface area contributed by atoms with E-state index < -0.39 is 0 Å². The Labute approximate surface area is 101 Å². The second kappa shape index (κ2) is 5.19. The third-order valence-corrected chi connectivity index (χ3v) is 3.18. The first-order valence-corrected chi connectivity index (χ1v) is 5.91. The van der Waals surface area contributed by atoms with Crippen LogP contribution in [0.15, 0.2) is 30.3 Å². The number of para-hydroxylation sites is 1. The van der Waals surface area contributed by atoms with Gasteiger partial charge >= 0.3 is 0 Å². The van der Waals surface area contributed by atoms with Gasteiger partial charge in [-0.3, -0.25) is 4.79 Å². The van der Waals surface area contributed by atoms with Crippen LogP contribution in [0.5, 0.6) is 0 Å². The summed E-state index contributed by atoms with van der Waals surface area (Å²) in [6, 6.07) is 9.62. The number of nitrogens with one attached hydrogen (secondary N) is 2. The van der Waals surface area contributed by atoms with E-state index in [0.29, 0.717) is 6.54 Å². The highest BCUT2D eigenvalue weighted by molar-refractivity contribution is 5.80. The van der Waals surface area contributed by atoms with E-state index in [1.807, 2.05) is 30.3 Å². The Hall–Kier alpha value is -1.55. The van der Waals surface area contributed by atoms with Gasteiger partial charge in [-0.05, 0) is 25.0 Å². The predicted molar refractivity (Wildman–Crippen MR) is 66.7 cm³/mol. The maximum atomic E-state index is 11.6. The molecule has 1 aliphatic carbocycles. The molecule has 0 saturated heterocycles. The van der Waals surface area contributed by atoms with Crippen LogP contribution < -0.4 is 10.6 Å². The average Bonchev–Trinajstić information content (AvgIpc) is 3.16. The first kappa shape index (κ1) is 11.9. The van der Waals surface area contributed by atoms with Gasteiger partial charge in [-0.15, -0.1) is 0 Å². The number of carbonyl (C=O) groups excluding carboxylic acids is 1. The molecule has 0 radical (unpaired) electrons. The largest absolute Gasteiger partial charge is 0.396 e. The lowest BCUT2D eigenvalue weighted by atomic mass is 10.1. The third-order valence-electron chi connectivity index (χ3n) is 3.18. The van der Waals surface area contributed by atoms with Crippen LogP contribution in [0, 0.1) is 5.41 Å². The zero-order valence-electron chi connectivity index (χ0n) is 9.78. The topological polar surface area (TPSA) is 61.4 Å². The minimum atomic E-state index is -0.0337. The van der Waals surface area contributed by atoms with Crippen molar-refractivity contribution in [3.05, 3.63) is 30.3 Å². The van der Waals surface area contributed by atoms with E-state index >= 15 is 0 Å². The molecule has 3 N–H and O–H groups in total. The fourth-order valence-electron chi connectivity index (χ4n) is 1.65. The molecule has 4 heteroatoms. The van der Waals surface area contributed by atoms with Gasteiger partial charge in [0.2, 0.25) is 5.91 Å². The molecule has 1 amide bonds. The molecule has 17 heavy (non-hydrogen) atoms. The number of aliphatic hydroxyl groups is 1. The molecule has 2 rings (SSSR count). The predicted octanol–water partition coefficient (Wildman–Crippen LogP) is 0.987. The van der Waals surface area contributed by atoms with Crippen LogP contribution in [0.3, 0.4) is 0 Å². The van der Waals surface area contributed by atoms with E-state index in [1.54, 1.807) is 0 Å². The molecule has 1 aliphatic rings. The Bertz CT molecular complexity index is 374. The Kier molecular flexibility index (Phi) is 3.64. The molecule has 0 unspecified atom stereocenters. The number of carbonyl (C=O) groups is 1. The summed E-state index contributed by atoms with van der Waals surface area (Å²) in [4.78, 5) is 11.6. The fourth-order valence-corrected chi connectivity index (χ4v) is 1.65. The number of hydrogen-bond acceptors (Lipinski definition) is 3. The molecule has 1 aromatic carbocycles. The smallest absolute Gasteiger partial charge is 0.239 e. The number of benzene rings is 1. The Morgan fingerprint density at radius 1 is 1.29 bits per heavy atom. The number of hydrogen-bond donors (Lipinski definition) is 3. The summed E-state index contributed by atoms with van der Waals surface area (Å²) < 4.78 is 0. The molecule has 1 aromatic rings. The van der Waals surface area contributed by atoms with Crippen molar-refractivity contribution in [3.63, 3.8) is 0 Å². The maximum absolute atomic E-state index is 11.6. The summed E-state index contributed by atoms with van der Waals surface area (Å²) in [7, 11) is 0. The van der Waals surface area contributed by atoms with Gasteiger partial charge in [-0.25, -0.2) is 0 Å². The minimum Gasteiger partial charge on any atom is -0.396 e. The van der Waals surface area contributed by atoms with Gasteiger partial charge in [0.1, 0.15) is 0 Å². The monoisotopic (exact) mass is 234 g/mol. The molecular weight excluding hydrogens is 216 g/mol. The van der Waals surface area contributed by atoms with Crippen LogP contribution in [0.1, 0.15) is 12.8 Å². The molecule has 0 aliphatic heterocycles. The van der Waals surface area contributed by atoms with Gasteiger partial charge < -0.3 is 15.7 Å². The number of rotatable bonds is 6. The van der Waals surface area contributed by atoms with Crippen molar-refractivity contribution < 1.29 is 9.90 Å². The van der Waals surface area contributed by atoms with Crippen molar-refractivity contribution in [3.8, 4) is 0 Å². The van der Waals surface area contributed by atoms with Crippen molar-refractivity contribution in [2.75, 3.05) is 25.0 Å². The quantitative estimate of drug-likeness (QED) is 0.688. The molecule has 0 bridgehead atoms. The van der Waals surface area contributed by atoms with Gasteiger partial charge in [0.05, 0.1) is 13.2 Å². The van der Waals surface area contributed by atoms with E-state index in [-0.39, 0.29) is 24.5 Å². The van der Waals surface area contributed by atoms with Gasteiger partial charge in [0, 0.05) is 17.6 Å². The lowest BCUT2D eigenvalue weighted by Gasteiger charge is -2.13. The zero-order valence-corrected chi connectivity index (χ0v) is 9.78. The lowest BCUT2D eigenvalue weighted by Crippen LogP contribution is -2.35. The van der Waals surface area contributed by atoms with Crippen molar-refractivity contribution in [2.24, 2.45) is 5.41 Å². The van der Waals surface area contributed by atoms with Crippen molar-refractivity contribution >= 4 is 11.6 Å². The van der Waals surface area contributed by atoms with E-state index in [9.17, 15) is 4.79 Å². The summed E-state index contributed by atoms with van der Waals surface area (Å²) in [5, 5.41) is 15.0. The molecule has 0 heterocycles. The van der Waals surface area contributed by atoms with Crippen LogP contribution >= 0.6 is 0 Å². The molecule has 0 spiro atoms. The standard InChI is InChI=1S/C13H18N2O2/c16-10-13(6-7-13)9-15-12(17)8-14-11-4-2-1-3-5-11/h1-5,14,16H,6-10H2,(H,15,17). The van der Waals surface area contributed by atoms with E-state index in [4.69, 9.17) is 5.11 Å². The van der Waals surface area contributed by atoms with Crippen LogP contribution in [0.2, 0.25) is 0 Å². The lowest BCUT2D eigenvalue weighted by molar-refractivity contribution is -0.119. The molecule has 1 fully saturated rings. The normalized spacial score (nSPS) is 16.3. The average molecular weight is 234 g/mol. The van der Waals surface area contributed by atoms with Crippen LogP contribution in [0.25, 0.3) is 0 Å². The Balaban J connectivity index is 1.68. The van der Waals surface area contributed by atoms with Crippen molar-refractivity contribution in [2.45, 2.75) is 12.8 Å². The second-order valence-electron chi connectivity index (χ2n) is 4.65. The van der Waals surface area contributed by atoms with Crippen LogP contribution in [-0.2, 0) is 4.79 Å². The summed E-state index contributed by atoms with van der Waals surface area (Å²) in [5.74, 6) is -0.0337. The highest BCUT2D eigenvalue weighted by Gasteiger charge is 2.41. The van der Waals surface area contributed by atoms with E-state index in [2.05, 4.69) is 10.6 Å². The summed E-state index contributed by atoms with van der Waals surface area (Å²) >= 11 is 0. The maximum Gasteiger partial charge on any atom is 0.239 e. The summed E-state index contributed by atoms with van der Waals surface area (Å²) in [6.45, 7) is 1.02. The van der Waals surface area contributed by atoms with E-state index in [0.717, 1.165) is 18.5 Å². The Morgan fingerprint density at radius 3 is 2.59 bits per heavy atom. The highest BCUT2D eigenvalue weighted by Crippen LogP contribution is 2.44. The summed E-state index contributed by atoms with van der Waals surface area (Å²) in [6.07, 6.45) is 2.02. The molecule has 1 saturated carbocycles. The Morgan fingerprint density at radius 2 is 2.00 bits per heavy atom. The fraction of sp³-hybridized carbons (Fsp3) is 0.462. The number of anilines is 1. The number of amides is 1. The van der Waals surface area contributed by atoms with Crippen LogP contribution in [-0.4, -0.2) is 30.7 Å². The molecule has 0 aromatic heterocycles.